The Labute approximate surface area is 138 Å². The molecular formula is C18H25FO3S. The van der Waals surface area contributed by atoms with Gasteiger partial charge in [-0.15, -0.1) is 6.58 Å². The van der Waals surface area contributed by atoms with Crippen LogP contribution in [0.2, 0.25) is 0 Å². The van der Waals surface area contributed by atoms with E-state index in [9.17, 15) is 12.8 Å². The van der Waals surface area contributed by atoms with Crippen LogP contribution in [0.25, 0.3) is 0 Å². The van der Waals surface area contributed by atoms with Gasteiger partial charge < -0.3 is 4.74 Å². The van der Waals surface area contributed by atoms with E-state index in [4.69, 9.17) is 4.74 Å². The van der Waals surface area contributed by atoms with E-state index < -0.39 is 15.7 Å². The molecule has 0 N–H and O–H groups in total. The van der Waals surface area contributed by atoms with Crippen molar-refractivity contribution in [3.8, 4) is 5.75 Å². The monoisotopic (exact) mass is 340 g/mol. The summed E-state index contributed by atoms with van der Waals surface area (Å²) in [4.78, 5) is 0. The maximum atomic E-state index is 13.9. The standard InChI is InChI=1S/C18H25FO3S/c1-4-5-10-23(20,21)13-18(8-9-18)15-6-7-16(19)17(11-15)22-12-14(2)3/h4,6-7,11,14H,1,5,8-10,12-13H2,2-3H3. The molecule has 0 aliphatic heterocycles. The van der Waals surface area contributed by atoms with Crippen LogP contribution in [0, 0.1) is 11.7 Å². The summed E-state index contributed by atoms with van der Waals surface area (Å²) < 4.78 is 43.9. The van der Waals surface area contributed by atoms with Crippen LogP contribution in [-0.4, -0.2) is 26.5 Å². The van der Waals surface area contributed by atoms with Crippen molar-refractivity contribution in [2.75, 3.05) is 18.1 Å². The summed E-state index contributed by atoms with van der Waals surface area (Å²) in [5, 5.41) is 0. The van der Waals surface area contributed by atoms with Gasteiger partial charge in [0.05, 0.1) is 18.1 Å². The number of rotatable bonds is 9. The molecule has 0 spiro atoms. The lowest BCUT2D eigenvalue weighted by atomic mass is 9.98. The van der Waals surface area contributed by atoms with Crippen molar-refractivity contribution in [3.05, 3.63) is 42.2 Å². The number of allylic oxidation sites excluding steroid dienone is 1. The second-order valence-corrected chi connectivity index (χ2v) is 8.98. The zero-order chi connectivity index (χ0) is 17.1. The van der Waals surface area contributed by atoms with E-state index in [-0.39, 0.29) is 22.7 Å². The average Bonchev–Trinajstić information content (AvgIpc) is 3.24. The van der Waals surface area contributed by atoms with Crippen molar-refractivity contribution in [1.82, 2.24) is 0 Å². The molecule has 0 amide bonds. The van der Waals surface area contributed by atoms with E-state index >= 15 is 0 Å². The third-order valence-corrected chi connectivity index (χ3v) is 5.95. The number of ether oxygens (including phenoxy) is 1. The highest BCUT2D eigenvalue weighted by Crippen LogP contribution is 2.50. The zero-order valence-corrected chi connectivity index (χ0v) is 14.7. The molecule has 0 bridgehead atoms. The van der Waals surface area contributed by atoms with Gasteiger partial charge in [-0.1, -0.05) is 26.0 Å². The molecule has 0 atom stereocenters. The smallest absolute Gasteiger partial charge is 0.165 e. The number of hydrogen-bond acceptors (Lipinski definition) is 3. The van der Waals surface area contributed by atoms with E-state index in [0.717, 1.165) is 18.4 Å². The average molecular weight is 340 g/mol. The highest BCUT2D eigenvalue weighted by Gasteiger charge is 2.47. The Hall–Kier alpha value is -1.36. The van der Waals surface area contributed by atoms with Gasteiger partial charge in [-0.3, -0.25) is 0 Å². The lowest BCUT2D eigenvalue weighted by molar-refractivity contribution is 0.259. The van der Waals surface area contributed by atoms with Crippen molar-refractivity contribution < 1.29 is 17.5 Å². The number of halogens is 1. The molecule has 2 rings (SSSR count). The Morgan fingerprint density at radius 2 is 2.09 bits per heavy atom. The molecule has 1 aliphatic carbocycles. The minimum Gasteiger partial charge on any atom is -0.490 e. The largest absolute Gasteiger partial charge is 0.490 e. The number of hydrogen-bond donors (Lipinski definition) is 0. The Balaban J connectivity index is 2.17. The maximum Gasteiger partial charge on any atom is 0.165 e. The van der Waals surface area contributed by atoms with E-state index in [0.29, 0.717) is 18.9 Å². The van der Waals surface area contributed by atoms with Crippen molar-refractivity contribution in [1.29, 1.82) is 0 Å². The molecule has 1 aliphatic rings. The summed E-state index contributed by atoms with van der Waals surface area (Å²) in [5.41, 5.74) is 0.490. The molecule has 1 aromatic carbocycles. The van der Waals surface area contributed by atoms with Gasteiger partial charge in [-0.05, 0) is 42.9 Å². The van der Waals surface area contributed by atoms with Crippen LogP contribution in [0.3, 0.4) is 0 Å². The van der Waals surface area contributed by atoms with Gasteiger partial charge in [-0.25, -0.2) is 12.8 Å². The second-order valence-electron chi connectivity index (χ2n) is 6.80. The fourth-order valence-corrected chi connectivity index (χ4v) is 4.59. The van der Waals surface area contributed by atoms with Crippen LogP contribution < -0.4 is 4.74 Å². The minimum absolute atomic E-state index is 0.114. The molecule has 1 fully saturated rings. The van der Waals surface area contributed by atoms with E-state index in [2.05, 4.69) is 6.58 Å². The first-order chi connectivity index (χ1) is 10.8. The molecule has 1 saturated carbocycles. The Kier molecular flexibility index (Phi) is 5.50. The number of benzene rings is 1. The Morgan fingerprint density at radius 3 is 2.65 bits per heavy atom. The summed E-state index contributed by atoms with van der Waals surface area (Å²) in [6.07, 6.45) is 3.71. The van der Waals surface area contributed by atoms with Crippen LogP contribution in [0.4, 0.5) is 4.39 Å². The molecule has 0 saturated heterocycles. The van der Waals surface area contributed by atoms with Crippen molar-refractivity contribution in [2.24, 2.45) is 5.92 Å². The third-order valence-electron chi connectivity index (χ3n) is 4.10. The van der Waals surface area contributed by atoms with Crippen molar-refractivity contribution in [2.45, 2.75) is 38.5 Å². The van der Waals surface area contributed by atoms with Crippen molar-refractivity contribution in [3.63, 3.8) is 0 Å². The molecular weight excluding hydrogens is 315 g/mol. The van der Waals surface area contributed by atoms with E-state index in [1.54, 1.807) is 18.2 Å². The van der Waals surface area contributed by atoms with Crippen molar-refractivity contribution >= 4 is 9.84 Å². The van der Waals surface area contributed by atoms with E-state index in [1.807, 2.05) is 13.8 Å². The SMILES string of the molecule is C=CCCS(=O)(=O)CC1(c2ccc(F)c(OCC(C)C)c2)CC1. The predicted molar refractivity (Wildman–Crippen MR) is 91.1 cm³/mol. The van der Waals surface area contributed by atoms with Gasteiger partial charge in [0.1, 0.15) is 0 Å². The fraction of sp³-hybridized carbons (Fsp3) is 0.556. The molecule has 0 unspecified atom stereocenters. The first-order valence-electron chi connectivity index (χ1n) is 8.02. The first-order valence-corrected chi connectivity index (χ1v) is 9.84. The van der Waals surface area contributed by atoms with Gasteiger partial charge in [-0.2, -0.15) is 0 Å². The highest BCUT2D eigenvalue weighted by molar-refractivity contribution is 7.91. The lowest BCUT2D eigenvalue weighted by Crippen LogP contribution is -2.23. The number of sulfone groups is 1. The summed E-state index contributed by atoms with van der Waals surface area (Å²) in [6.45, 7) is 8.00. The normalized spacial score (nSPS) is 16.3. The summed E-state index contributed by atoms with van der Waals surface area (Å²) in [6, 6.07) is 4.74. The molecule has 3 nitrogen and oxygen atoms in total. The quantitative estimate of drug-likeness (QED) is 0.641. The molecule has 23 heavy (non-hydrogen) atoms. The van der Waals surface area contributed by atoms with Crippen LogP contribution in [0.1, 0.15) is 38.7 Å². The van der Waals surface area contributed by atoms with Crippen LogP contribution in [-0.2, 0) is 15.3 Å². The Bertz CT molecular complexity index is 661. The topological polar surface area (TPSA) is 43.4 Å². The van der Waals surface area contributed by atoms with Crippen LogP contribution >= 0.6 is 0 Å². The zero-order valence-electron chi connectivity index (χ0n) is 13.8. The molecule has 0 radical (unpaired) electrons. The predicted octanol–water partition coefficient (Wildman–Crippen LogP) is 3.88. The first kappa shape index (κ1) is 18.0. The van der Waals surface area contributed by atoms with E-state index in [1.165, 1.54) is 6.07 Å². The molecule has 0 aromatic heterocycles. The van der Waals surface area contributed by atoms with Gasteiger partial charge in [0, 0.05) is 5.41 Å². The van der Waals surface area contributed by atoms with Crippen LogP contribution in [0.15, 0.2) is 30.9 Å². The summed E-state index contributed by atoms with van der Waals surface area (Å²) in [7, 11) is -3.14. The summed E-state index contributed by atoms with van der Waals surface area (Å²) >= 11 is 0. The lowest BCUT2D eigenvalue weighted by Gasteiger charge is -2.18. The maximum absolute atomic E-state index is 13.9. The van der Waals surface area contributed by atoms with Gasteiger partial charge in [0.15, 0.2) is 21.4 Å². The van der Waals surface area contributed by atoms with Crippen LogP contribution in [0.5, 0.6) is 5.75 Å². The fourth-order valence-electron chi connectivity index (χ4n) is 2.62. The Morgan fingerprint density at radius 1 is 1.39 bits per heavy atom. The minimum atomic E-state index is -3.14. The molecule has 128 valence electrons. The third kappa shape index (κ3) is 4.80. The van der Waals surface area contributed by atoms with Gasteiger partial charge >= 0.3 is 0 Å². The molecule has 1 aromatic rings. The summed E-state index contributed by atoms with van der Waals surface area (Å²) in [5.74, 6) is 0.345. The van der Waals surface area contributed by atoms with Gasteiger partial charge in [0.25, 0.3) is 0 Å². The highest BCUT2D eigenvalue weighted by atomic mass is 32.2. The van der Waals surface area contributed by atoms with Gasteiger partial charge in [0.2, 0.25) is 0 Å². The second kappa shape index (κ2) is 7.04. The molecule has 0 heterocycles. The molecule has 5 heteroatoms.